The second-order valence-electron chi connectivity index (χ2n) is 5.11. The first kappa shape index (κ1) is 13.8. The number of benzene rings is 1. The molecule has 1 aromatic carbocycles. The van der Waals surface area contributed by atoms with Gasteiger partial charge in [0.2, 0.25) is 5.56 Å². The van der Waals surface area contributed by atoms with Gasteiger partial charge in [-0.25, -0.2) is 0 Å². The summed E-state index contributed by atoms with van der Waals surface area (Å²) < 4.78 is 3.36. The quantitative estimate of drug-likeness (QED) is 0.742. The van der Waals surface area contributed by atoms with E-state index in [0.717, 1.165) is 16.7 Å². The van der Waals surface area contributed by atoms with Gasteiger partial charge < -0.3 is 4.57 Å². The van der Waals surface area contributed by atoms with Gasteiger partial charge in [-0.2, -0.15) is 10.4 Å². The van der Waals surface area contributed by atoms with Gasteiger partial charge in [0.25, 0.3) is 0 Å². The Kier molecular flexibility index (Phi) is 3.58. The second kappa shape index (κ2) is 5.70. The molecule has 0 amide bonds. The monoisotopic (exact) mass is 290 g/mol. The molecule has 5 heteroatoms. The van der Waals surface area contributed by atoms with Gasteiger partial charge in [0.15, 0.2) is 0 Å². The Morgan fingerprint density at radius 3 is 2.82 bits per heavy atom. The molecule has 0 aliphatic carbocycles. The highest BCUT2D eigenvalue weighted by molar-refractivity contribution is 5.60. The van der Waals surface area contributed by atoms with Crippen LogP contribution in [-0.2, 0) is 13.6 Å². The van der Waals surface area contributed by atoms with Crippen LogP contribution in [0.1, 0.15) is 11.1 Å². The zero-order valence-electron chi connectivity index (χ0n) is 12.1. The zero-order chi connectivity index (χ0) is 15.5. The van der Waals surface area contributed by atoms with Gasteiger partial charge in [-0.05, 0) is 23.8 Å². The molecule has 0 fully saturated rings. The van der Waals surface area contributed by atoms with Gasteiger partial charge in [0.05, 0.1) is 24.4 Å². The van der Waals surface area contributed by atoms with Crippen LogP contribution in [0.15, 0.2) is 59.8 Å². The minimum atomic E-state index is -0.0375. The highest BCUT2D eigenvalue weighted by Gasteiger charge is 2.04. The first-order valence-corrected chi connectivity index (χ1v) is 6.84. The number of hydrogen-bond acceptors (Lipinski definition) is 3. The van der Waals surface area contributed by atoms with E-state index >= 15 is 0 Å². The molecule has 0 spiro atoms. The third kappa shape index (κ3) is 2.81. The Balaban J connectivity index is 1.86. The van der Waals surface area contributed by atoms with Crippen molar-refractivity contribution in [1.29, 1.82) is 5.26 Å². The topological polar surface area (TPSA) is 63.6 Å². The Hall–Kier alpha value is -3.13. The number of nitriles is 1. The van der Waals surface area contributed by atoms with Crippen molar-refractivity contribution >= 4 is 0 Å². The molecule has 0 N–H and O–H groups in total. The van der Waals surface area contributed by atoms with E-state index in [9.17, 15) is 4.79 Å². The molecule has 0 aliphatic rings. The first-order chi connectivity index (χ1) is 10.7. The lowest BCUT2D eigenvalue weighted by molar-refractivity contribution is 0.687. The predicted octanol–water partition coefficient (Wildman–Crippen LogP) is 2.17. The molecule has 2 heterocycles. The fraction of sp³-hybridized carbons (Fsp3) is 0.118. The number of aromatic nitrogens is 3. The molecule has 22 heavy (non-hydrogen) atoms. The molecule has 0 atom stereocenters. The van der Waals surface area contributed by atoms with E-state index in [1.54, 1.807) is 42.2 Å². The van der Waals surface area contributed by atoms with Crippen LogP contribution in [0.4, 0.5) is 0 Å². The van der Waals surface area contributed by atoms with E-state index in [0.29, 0.717) is 12.1 Å². The highest BCUT2D eigenvalue weighted by Crippen LogP contribution is 2.17. The summed E-state index contributed by atoms with van der Waals surface area (Å²) in [4.78, 5) is 11.4. The van der Waals surface area contributed by atoms with Crippen molar-refractivity contribution in [3.63, 3.8) is 0 Å². The fourth-order valence-electron chi connectivity index (χ4n) is 2.29. The van der Waals surface area contributed by atoms with Gasteiger partial charge in [-0.1, -0.05) is 12.1 Å². The van der Waals surface area contributed by atoms with E-state index in [1.807, 2.05) is 29.1 Å². The van der Waals surface area contributed by atoms with Gasteiger partial charge >= 0.3 is 0 Å². The maximum atomic E-state index is 11.4. The Morgan fingerprint density at radius 1 is 1.18 bits per heavy atom. The van der Waals surface area contributed by atoms with Crippen LogP contribution in [-0.4, -0.2) is 14.3 Å². The fourth-order valence-corrected chi connectivity index (χ4v) is 2.29. The van der Waals surface area contributed by atoms with Crippen molar-refractivity contribution in [2.24, 2.45) is 7.05 Å². The molecule has 0 radical (unpaired) electrons. The van der Waals surface area contributed by atoms with Crippen LogP contribution in [0.3, 0.4) is 0 Å². The number of pyridine rings is 1. The average Bonchev–Trinajstić information content (AvgIpc) is 2.98. The standard InChI is InChI=1S/C17H14N4O/c1-20-11-15(5-6-17(20)22)16-9-19-21(12-16)10-14-4-2-3-13(7-14)8-18/h2-7,9,11-12H,10H2,1H3. The molecule has 108 valence electrons. The minimum Gasteiger partial charge on any atom is -0.318 e. The molecule has 3 aromatic rings. The van der Waals surface area contributed by atoms with Crippen LogP contribution in [0.2, 0.25) is 0 Å². The second-order valence-corrected chi connectivity index (χ2v) is 5.11. The van der Waals surface area contributed by atoms with Crippen molar-refractivity contribution in [3.8, 4) is 17.2 Å². The van der Waals surface area contributed by atoms with Crippen molar-refractivity contribution in [2.75, 3.05) is 0 Å². The maximum Gasteiger partial charge on any atom is 0.250 e. The van der Waals surface area contributed by atoms with E-state index in [4.69, 9.17) is 5.26 Å². The van der Waals surface area contributed by atoms with Gasteiger partial charge in [0.1, 0.15) is 0 Å². The molecular weight excluding hydrogens is 276 g/mol. The third-order valence-corrected chi connectivity index (χ3v) is 3.45. The van der Waals surface area contributed by atoms with Crippen LogP contribution in [0.25, 0.3) is 11.1 Å². The summed E-state index contributed by atoms with van der Waals surface area (Å²) in [6.45, 7) is 0.598. The molecule has 3 rings (SSSR count). The lowest BCUT2D eigenvalue weighted by atomic mass is 10.1. The highest BCUT2D eigenvalue weighted by atomic mass is 16.1. The summed E-state index contributed by atoms with van der Waals surface area (Å²) in [6, 6.07) is 12.9. The SMILES string of the molecule is Cn1cc(-c2cnn(Cc3cccc(C#N)c3)c2)ccc1=O. The number of aryl methyl sites for hydroxylation is 1. The first-order valence-electron chi connectivity index (χ1n) is 6.84. The molecule has 0 aliphatic heterocycles. The molecular formula is C17H14N4O. The van der Waals surface area contributed by atoms with E-state index in [2.05, 4.69) is 11.2 Å². The maximum absolute atomic E-state index is 11.4. The summed E-state index contributed by atoms with van der Waals surface area (Å²) in [6.07, 6.45) is 5.49. The zero-order valence-corrected chi connectivity index (χ0v) is 12.1. The summed E-state index contributed by atoms with van der Waals surface area (Å²) in [5.41, 5.74) is 3.52. The average molecular weight is 290 g/mol. The van der Waals surface area contributed by atoms with E-state index < -0.39 is 0 Å². The Morgan fingerprint density at radius 2 is 2.05 bits per heavy atom. The smallest absolute Gasteiger partial charge is 0.250 e. The van der Waals surface area contributed by atoms with E-state index in [-0.39, 0.29) is 5.56 Å². The van der Waals surface area contributed by atoms with Gasteiger partial charge in [-0.15, -0.1) is 0 Å². The normalized spacial score (nSPS) is 10.4. The molecule has 0 saturated heterocycles. The van der Waals surface area contributed by atoms with Crippen molar-refractivity contribution in [2.45, 2.75) is 6.54 Å². The van der Waals surface area contributed by atoms with Crippen LogP contribution in [0.5, 0.6) is 0 Å². The van der Waals surface area contributed by atoms with E-state index in [1.165, 1.54) is 0 Å². The Bertz CT molecular complexity index is 915. The molecule has 0 saturated carbocycles. The van der Waals surface area contributed by atoms with Crippen molar-refractivity contribution < 1.29 is 0 Å². The van der Waals surface area contributed by atoms with Crippen molar-refractivity contribution in [1.82, 2.24) is 14.3 Å². The summed E-state index contributed by atoms with van der Waals surface area (Å²) in [5, 5.41) is 13.3. The third-order valence-electron chi connectivity index (χ3n) is 3.45. The molecule has 2 aromatic heterocycles. The summed E-state index contributed by atoms with van der Waals surface area (Å²) in [7, 11) is 1.73. The van der Waals surface area contributed by atoms with Crippen LogP contribution >= 0.6 is 0 Å². The van der Waals surface area contributed by atoms with Crippen molar-refractivity contribution in [3.05, 3.63) is 76.5 Å². The number of hydrogen-bond donors (Lipinski definition) is 0. The van der Waals surface area contributed by atoms with Crippen LogP contribution in [0, 0.1) is 11.3 Å². The number of rotatable bonds is 3. The minimum absolute atomic E-state index is 0.0375. The summed E-state index contributed by atoms with van der Waals surface area (Å²) >= 11 is 0. The Labute approximate surface area is 127 Å². The molecule has 0 unspecified atom stereocenters. The lowest BCUT2D eigenvalue weighted by Gasteiger charge is -2.02. The molecule has 5 nitrogen and oxygen atoms in total. The van der Waals surface area contributed by atoms with Gasteiger partial charge in [-0.3, -0.25) is 9.48 Å². The molecule has 0 bridgehead atoms. The van der Waals surface area contributed by atoms with Gasteiger partial charge in [0, 0.05) is 36.6 Å². The predicted molar refractivity (Wildman–Crippen MR) is 83.2 cm³/mol. The lowest BCUT2D eigenvalue weighted by Crippen LogP contribution is -2.13. The number of nitrogens with zero attached hydrogens (tertiary/aromatic N) is 4. The largest absolute Gasteiger partial charge is 0.318 e. The van der Waals surface area contributed by atoms with Crippen LogP contribution < -0.4 is 5.56 Å². The summed E-state index contributed by atoms with van der Waals surface area (Å²) in [5.74, 6) is 0.